The van der Waals surface area contributed by atoms with Crippen LogP contribution in [-0.2, 0) is 20.9 Å². The maximum Gasteiger partial charge on any atom is 0.240 e. The van der Waals surface area contributed by atoms with Crippen LogP contribution in [0.3, 0.4) is 0 Å². The lowest BCUT2D eigenvalue weighted by Gasteiger charge is -2.62. The molecule has 1 aromatic carbocycles. The summed E-state index contributed by atoms with van der Waals surface area (Å²) in [5, 5.41) is 19.6. The molecule has 10 heteroatoms. The molecule has 3 aliphatic carbocycles. The van der Waals surface area contributed by atoms with E-state index < -0.39 is 24.2 Å². The molecular formula is C39H61N5O5. The number of carbonyl (C=O) groups is 1. The first kappa shape index (κ1) is 37.5. The molecule has 10 nitrogen and oxygen atoms in total. The number of amides is 1. The minimum Gasteiger partial charge on any atom is -0.496 e. The minimum absolute atomic E-state index is 0.103. The van der Waals surface area contributed by atoms with Gasteiger partial charge in [-0.05, 0) is 67.4 Å². The van der Waals surface area contributed by atoms with Crippen molar-refractivity contribution in [1.29, 1.82) is 0 Å². The van der Waals surface area contributed by atoms with Crippen LogP contribution in [0, 0.1) is 29.1 Å². The Labute approximate surface area is 294 Å². The molecule has 2 bridgehead atoms. The number of para-hydroxylation sites is 1. The summed E-state index contributed by atoms with van der Waals surface area (Å²) in [6, 6.07) is 5.41. The molecule has 0 spiro atoms. The SMILES string of the molecule is C=C(C=C(C=Cc1cccc(CN2O[C@@H](CN)[C@@H]([C@H](C)O)[C@H]2C(=O)N[C@H]2C[C@H]3C[C@@H]([C@@H]2C)C3(C)C)c1OC)CNC[C@H]1CCCO1)N(C)C. The van der Waals surface area contributed by atoms with Gasteiger partial charge in [0.2, 0.25) is 5.91 Å². The van der Waals surface area contributed by atoms with Gasteiger partial charge in [0.15, 0.2) is 0 Å². The van der Waals surface area contributed by atoms with Gasteiger partial charge in [-0.25, -0.2) is 0 Å². The van der Waals surface area contributed by atoms with E-state index in [1.807, 2.05) is 37.2 Å². The number of benzene rings is 1. The van der Waals surface area contributed by atoms with E-state index in [-0.39, 0.29) is 24.6 Å². The number of allylic oxidation sites excluding steroid dienone is 1. The summed E-state index contributed by atoms with van der Waals surface area (Å²) in [7, 11) is 5.63. The summed E-state index contributed by atoms with van der Waals surface area (Å²) in [6.45, 7) is 15.7. The number of aliphatic hydroxyl groups excluding tert-OH is 1. The Morgan fingerprint density at radius 2 is 2.08 bits per heavy atom. The highest BCUT2D eigenvalue weighted by atomic mass is 16.7. The number of nitrogens with two attached hydrogens (primary N) is 1. The van der Waals surface area contributed by atoms with Gasteiger partial charge in [0.1, 0.15) is 11.8 Å². The molecule has 5 N–H and O–H groups in total. The van der Waals surface area contributed by atoms with Crippen molar-refractivity contribution in [3.63, 3.8) is 0 Å². The van der Waals surface area contributed by atoms with Crippen molar-refractivity contribution in [3.8, 4) is 5.75 Å². The van der Waals surface area contributed by atoms with Gasteiger partial charge in [-0.2, -0.15) is 5.06 Å². The first-order valence-corrected chi connectivity index (χ1v) is 18.2. The number of ether oxygens (including phenoxy) is 2. The van der Waals surface area contributed by atoms with Crippen LogP contribution >= 0.6 is 0 Å². The van der Waals surface area contributed by atoms with E-state index in [4.69, 9.17) is 20.0 Å². The molecule has 0 unspecified atom stereocenters. The van der Waals surface area contributed by atoms with E-state index in [0.29, 0.717) is 42.0 Å². The molecule has 1 amide bonds. The van der Waals surface area contributed by atoms with Crippen molar-refractivity contribution in [2.45, 2.75) is 90.3 Å². The smallest absolute Gasteiger partial charge is 0.240 e. The van der Waals surface area contributed by atoms with Crippen molar-refractivity contribution in [2.24, 2.45) is 34.8 Å². The van der Waals surface area contributed by atoms with Gasteiger partial charge in [-0.15, -0.1) is 0 Å². The number of hydroxylamine groups is 2. The fourth-order valence-corrected chi connectivity index (χ4v) is 8.69. The molecule has 3 saturated carbocycles. The van der Waals surface area contributed by atoms with E-state index in [0.717, 1.165) is 54.8 Å². The van der Waals surface area contributed by atoms with Gasteiger partial charge in [-0.1, -0.05) is 57.7 Å². The van der Waals surface area contributed by atoms with Gasteiger partial charge in [0, 0.05) is 69.1 Å². The zero-order chi connectivity index (χ0) is 35.5. The van der Waals surface area contributed by atoms with Gasteiger partial charge >= 0.3 is 0 Å². The number of carbonyl (C=O) groups excluding carboxylic acids is 1. The molecule has 0 aromatic heterocycles. The van der Waals surface area contributed by atoms with E-state index in [9.17, 15) is 9.90 Å². The largest absolute Gasteiger partial charge is 0.496 e. The molecule has 6 rings (SSSR count). The number of fused-ring (bicyclic) bond motifs is 2. The topological polar surface area (TPSA) is 122 Å². The lowest BCUT2D eigenvalue weighted by Crippen LogP contribution is -2.62. The first-order chi connectivity index (χ1) is 23.3. The Bertz CT molecular complexity index is 1370. The number of aliphatic hydroxyl groups is 1. The van der Waals surface area contributed by atoms with E-state index in [1.165, 1.54) is 6.42 Å². The monoisotopic (exact) mass is 679 g/mol. The number of hydrogen-bond donors (Lipinski definition) is 4. The Morgan fingerprint density at radius 1 is 1.31 bits per heavy atom. The fourth-order valence-electron chi connectivity index (χ4n) is 8.69. The summed E-state index contributed by atoms with van der Waals surface area (Å²) in [5.41, 5.74) is 10.2. The zero-order valence-corrected chi connectivity index (χ0v) is 30.8. The van der Waals surface area contributed by atoms with Crippen molar-refractivity contribution >= 4 is 12.0 Å². The molecule has 5 fully saturated rings. The van der Waals surface area contributed by atoms with Crippen LogP contribution in [-0.4, -0.2) is 98.8 Å². The van der Waals surface area contributed by atoms with E-state index in [2.05, 4.69) is 56.2 Å². The molecule has 2 aliphatic heterocycles. The Kier molecular flexibility index (Phi) is 12.3. The van der Waals surface area contributed by atoms with Crippen LogP contribution in [0.5, 0.6) is 5.75 Å². The maximum atomic E-state index is 14.2. The van der Waals surface area contributed by atoms with Gasteiger partial charge < -0.3 is 35.8 Å². The lowest BCUT2D eigenvalue weighted by molar-refractivity contribution is -0.175. The highest BCUT2D eigenvalue weighted by Crippen LogP contribution is 2.61. The predicted molar refractivity (Wildman–Crippen MR) is 194 cm³/mol. The second-order valence-corrected chi connectivity index (χ2v) is 15.5. The minimum atomic E-state index is -0.780. The zero-order valence-electron chi connectivity index (χ0n) is 30.8. The average Bonchev–Trinajstić information content (AvgIpc) is 3.72. The number of nitrogens with one attached hydrogen (secondary N) is 2. The summed E-state index contributed by atoms with van der Waals surface area (Å²) < 4.78 is 11.8. The second kappa shape index (κ2) is 16.1. The molecule has 9 atom stereocenters. The first-order valence-electron chi connectivity index (χ1n) is 18.2. The number of nitrogens with zero attached hydrogens (tertiary/aromatic N) is 2. The summed E-state index contributed by atoms with van der Waals surface area (Å²) >= 11 is 0. The van der Waals surface area contributed by atoms with Gasteiger partial charge in [-0.3, -0.25) is 9.63 Å². The summed E-state index contributed by atoms with van der Waals surface area (Å²) in [6.07, 6.45) is 9.64. The van der Waals surface area contributed by atoms with Crippen LogP contribution in [0.2, 0.25) is 0 Å². The maximum absolute atomic E-state index is 14.2. The van der Waals surface area contributed by atoms with Crippen LogP contribution in [0.4, 0.5) is 0 Å². The third-order valence-corrected chi connectivity index (χ3v) is 11.9. The molecule has 272 valence electrons. The number of rotatable bonds is 15. The number of likely N-dealkylation sites (N-methyl/N-ethyl adjacent to an activating group) is 1. The quantitative estimate of drug-likeness (QED) is 0.203. The van der Waals surface area contributed by atoms with Crippen LogP contribution in [0.15, 0.2) is 48.2 Å². The van der Waals surface area contributed by atoms with Crippen molar-refractivity contribution in [2.75, 3.05) is 47.4 Å². The number of hydrogen-bond acceptors (Lipinski definition) is 9. The summed E-state index contributed by atoms with van der Waals surface area (Å²) in [5.74, 6) is 1.73. The van der Waals surface area contributed by atoms with E-state index in [1.54, 1.807) is 19.1 Å². The van der Waals surface area contributed by atoms with Crippen molar-refractivity contribution in [1.82, 2.24) is 20.6 Å². The molecule has 2 saturated heterocycles. The standard InChI is InChI=1S/C39H61N5O5/c1-24(43(6)7)17-27(21-41-22-31-13-10-16-48-31)14-15-28-11-9-12-29(37(28)47-8)23-44-36(35(26(3)45)34(20-40)49-44)38(46)42-33-19-30-18-32(25(33)2)39(30,4)5/h9,11-12,14-15,17,25-26,30-36,41,45H,1,10,13,16,18-23,40H2,2-8H3,(H,42,46)/t25-,26-,30+,31+,32-,33-,34-,35+,36-/m0/s1. The Balaban J connectivity index is 1.35. The van der Waals surface area contributed by atoms with Gasteiger partial charge in [0.25, 0.3) is 0 Å². The fraction of sp³-hybridized carbons (Fsp3) is 0.667. The molecule has 5 aliphatic rings. The third-order valence-electron chi connectivity index (χ3n) is 11.9. The highest BCUT2D eigenvalue weighted by molar-refractivity contribution is 5.83. The van der Waals surface area contributed by atoms with Crippen LogP contribution in [0.25, 0.3) is 6.08 Å². The van der Waals surface area contributed by atoms with Crippen LogP contribution < -0.4 is 21.1 Å². The average molecular weight is 680 g/mol. The third kappa shape index (κ3) is 8.26. The van der Waals surface area contributed by atoms with Crippen LogP contribution in [0.1, 0.15) is 64.5 Å². The van der Waals surface area contributed by atoms with Gasteiger partial charge in [0.05, 0.1) is 32.0 Å². The Hall–Kier alpha value is -2.73. The number of methoxy groups -OCH3 is 1. The molecule has 49 heavy (non-hydrogen) atoms. The predicted octanol–water partition coefficient (Wildman–Crippen LogP) is 4.11. The molecule has 2 heterocycles. The lowest BCUT2D eigenvalue weighted by atomic mass is 9.45. The van der Waals surface area contributed by atoms with Crippen molar-refractivity contribution in [3.05, 3.63) is 59.3 Å². The Morgan fingerprint density at radius 3 is 2.69 bits per heavy atom. The van der Waals surface area contributed by atoms with E-state index >= 15 is 0 Å². The summed E-state index contributed by atoms with van der Waals surface area (Å²) in [4.78, 5) is 22.5. The normalized spacial score (nSPS) is 31.8. The highest BCUT2D eigenvalue weighted by Gasteiger charge is 2.57. The van der Waals surface area contributed by atoms with Crippen molar-refractivity contribution < 1.29 is 24.2 Å². The molecule has 1 aromatic rings. The second-order valence-electron chi connectivity index (χ2n) is 15.5. The molecular weight excluding hydrogens is 618 g/mol. The molecule has 0 radical (unpaired) electrons.